The molecule has 100 valence electrons. The molecule has 0 aliphatic carbocycles. The number of fused-ring (bicyclic) bond motifs is 1. The van der Waals surface area contributed by atoms with Gasteiger partial charge in [0.05, 0.1) is 13.3 Å². The first-order valence-electron chi connectivity index (χ1n) is 6.00. The highest BCUT2D eigenvalue weighted by Gasteiger charge is 2.04. The minimum absolute atomic E-state index is 0.381. The molecule has 0 saturated heterocycles. The molecule has 4 heteroatoms. The first kappa shape index (κ1) is 13.6. The third kappa shape index (κ3) is 2.94. The number of amides is 1. The Hall–Kier alpha value is -2.84. The van der Waals surface area contributed by atoms with Crippen molar-refractivity contribution in [1.82, 2.24) is 5.32 Å². The molecule has 0 spiro atoms. The van der Waals surface area contributed by atoms with Gasteiger partial charge in [0.15, 0.2) is 0 Å². The lowest BCUT2D eigenvalue weighted by Gasteiger charge is -2.07. The largest absolute Gasteiger partial charge is 0.496 e. The Morgan fingerprint density at radius 3 is 2.65 bits per heavy atom. The lowest BCUT2D eigenvalue weighted by molar-refractivity contribution is -0.115. The molecule has 0 atom stereocenters. The normalized spacial score (nSPS) is 10.2. The van der Waals surface area contributed by atoms with E-state index in [9.17, 15) is 9.59 Å². The van der Waals surface area contributed by atoms with Gasteiger partial charge in [-0.15, -0.1) is 0 Å². The van der Waals surface area contributed by atoms with E-state index in [0.29, 0.717) is 0 Å². The van der Waals surface area contributed by atoms with Gasteiger partial charge in [-0.1, -0.05) is 30.3 Å². The monoisotopic (exact) mass is 267 g/mol. The molecule has 2 aromatic carbocycles. The summed E-state index contributed by atoms with van der Waals surface area (Å²) >= 11 is 0. The summed E-state index contributed by atoms with van der Waals surface area (Å²) in [5.74, 6) is 1.89. The molecule has 2 rings (SSSR count). The molecule has 0 bridgehead atoms. The molecule has 4 nitrogen and oxygen atoms in total. The van der Waals surface area contributed by atoms with Crippen LogP contribution >= 0.6 is 0 Å². The number of carbonyl (C=O) groups is 1. The van der Waals surface area contributed by atoms with Gasteiger partial charge in [-0.3, -0.25) is 4.79 Å². The molecular weight excluding hydrogens is 254 g/mol. The smallest absolute Gasteiger partial charge is 0.248 e. The van der Waals surface area contributed by atoms with Gasteiger partial charge < -0.3 is 10.1 Å². The van der Waals surface area contributed by atoms with Crippen molar-refractivity contribution in [1.29, 1.82) is 0 Å². The summed E-state index contributed by atoms with van der Waals surface area (Å²) in [5.41, 5.74) is 0.895. The Morgan fingerprint density at radius 1 is 1.20 bits per heavy atom. The van der Waals surface area contributed by atoms with E-state index >= 15 is 0 Å². The van der Waals surface area contributed by atoms with Crippen molar-refractivity contribution in [3.8, 4) is 5.75 Å². The van der Waals surface area contributed by atoms with E-state index in [1.165, 1.54) is 12.0 Å². The lowest BCUT2D eigenvalue weighted by atomic mass is 10.0. The van der Waals surface area contributed by atoms with Crippen molar-refractivity contribution in [3.63, 3.8) is 0 Å². The summed E-state index contributed by atoms with van der Waals surface area (Å²) < 4.78 is 5.31. The van der Waals surface area contributed by atoms with Crippen LogP contribution in [0.15, 0.2) is 48.7 Å². The van der Waals surface area contributed by atoms with Crippen LogP contribution in [0.3, 0.4) is 0 Å². The van der Waals surface area contributed by atoms with E-state index in [1.54, 1.807) is 13.2 Å². The highest BCUT2D eigenvalue weighted by Crippen LogP contribution is 2.28. The number of benzene rings is 2. The van der Waals surface area contributed by atoms with E-state index < -0.39 is 0 Å². The molecule has 1 amide bonds. The molecule has 1 N–H and O–H groups in total. The van der Waals surface area contributed by atoms with Crippen LogP contribution in [0.1, 0.15) is 5.56 Å². The molecule has 0 fully saturated rings. The number of hydrogen-bond donors (Lipinski definition) is 1. The Bertz CT molecular complexity index is 713. The van der Waals surface area contributed by atoms with Crippen LogP contribution in [-0.2, 0) is 9.59 Å². The summed E-state index contributed by atoms with van der Waals surface area (Å²) in [6.45, 7) is 0. The second kappa shape index (κ2) is 6.36. The average Bonchev–Trinajstić information content (AvgIpc) is 2.50. The van der Waals surface area contributed by atoms with Gasteiger partial charge in [-0.05, 0) is 23.1 Å². The van der Waals surface area contributed by atoms with Crippen molar-refractivity contribution in [2.24, 2.45) is 0 Å². The predicted molar refractivity (Wildman–Crippen MR) is 77.9 cm³/mol. The average molecular weight is 267 g/mol. The van der Waals surface area contributed by atoms with Crippen molar-refractivity contribution in [2.45, 2.75) is 0 Å². The van der Waals surface area contributed by atoms with E-state index in [1.807, 2.05) is 36.4 Å². The van der Waals surface area contributed by atoms with Gasteiger partial charge in [0.1, 0.15) is 11.7 Å². The zero-order valence-electron chi connectivity index (χ0n) is 10.9. The number of nitrogens with one attached hydrogen (secondary N) is 1. The van der Waals surface area contributed by atoms with E-state index in [2.05, 4.69) is 5.32 Å². The van der Waals surface area contributed by atoms with Crippen LogP contribution in [0.2, 0.25) is 0 Å². The number of carbonyl (C=O) groups excluding carboxylic acids is 2. The molecule has 2 aromatic rings. The highest BCUT2D eigenvalue weighted by molar-refractivity contribution is 5.99. The summed E-state index contributed by atoms with van der Waals surface area (Å²) in [5, 5.41) is 4.24. The SMILES string of the molecule is COc1ccc(C=CC(=O)NC=C=O)c2ccccc12. The molecule has 0 unspecified atom stereocenters. The van der Waals surface area contributed by atoms with Crippen molar-refractivity contribution < 1.29 is 14.3 Å². The topological polar surface area (TPSA) is 55.4 Å². The van der Waals surface area contributed by atoms with Crippen LogP contribution < -0.4 is 10.1 Å². The maximum atomic E-state index is 11.4. The van der Waals surface area contributed by atoms with Gasteiger partial charge in [-0.25, -0.2) is 4.79 Å². The van der Waals surface area contributed by atoms with Crippen LogP contribution in [0.5, 0.6) is 5.75 Å². The van der Waals surface area contributed by atoms with Crippen LogP contribution in [0, 0.1) is 0 Å². The van der Waals surface area contributed by atoms with E-state index in [0.717, 1.165) is 28.3 Å². The molecule has 20 heavy (non-hydrogen) atoms. The quantitative estimate of drug-likeness (QED) is 0.683. The predicted octanol–water partition coefficient (Wildman–Crippen LogP) is 2.32. The molecule has 0 heterocycles. The number of ether oxygens (including phenoxy) is 1. The Balaban J connectivity index is 2.38. The van der Waals surface area contributed by atoms with Gasteiger partial charge in [-0.2, -0.15) is 0 Å². The Kier molecular flexibility index (Phi) is 4.32. The lowest BCUT2D eigenvalue weighted by Crippen LogP contribution is -2.13. The first-order valence-corrected chi connectivity index (χ1v) is 6.00. The third-order valence-electron chi connectivity index (χ3n) is 2.83. The second-order valence-electron chi connectivity index (χ2n) is 4.01. The fourth-order valence-electron chi connectivity index (χ4n) is 1.93. The van der Waals surface area contributed by atoms with Gasteiger partial charge >= 0.3 is 0 Å². The highest BCUT2D eigenvalue weighted by atomic mass is 16.5. The molecule has 0 radical (unpaired) electrons. The molecule has 0 saturated carbocycles. The summed E-state index contributed by atoms with van der Waals surface area (Å²) in [6.07, 6.45) is 3.98. The van der Waals surface area contributed by atoms with Gasteiger partial charge in [0.2, 0.25) is 5.91 Å². The van der Waals surface area contributed by atoms with Crippen molar-refractivity contribution in [2.75, 3.05) is 7.11 Å². The number of hydrogen-bond acceptors (Lipinski definition) is 3. The van der Waals surface area contributed by atoms with Gasteiger partial charge in [0, 0.05) is 11.5 Å². The number of methoxy groups -OCH3 is 1. The molecule has 0 aliphatic rings. The van der Waals surface area contributed by atoms with Crippen LogP contribution in [0.25, 0.3) is 16.8 Å². The molecule has 0 aliphatic heterocycles. The van der Waals surface area contributed by atoms with Crippen LogP contribution in [0.4, 0.5) is 0 Å². The number of rotatable bonds is 4. The van der Waals surface area contributed by atoms with Gasteiger partial charge in [0.25, 0.3) is 0 Å². The zero-order valence-corrected chi connectivity index (χ0v) is 10.9. The van der Waals surface area contributed by atoms with Crippen molar-refractivity contribution >= 4 is 28.7 Å². The molecular formula is C16H13NO3. The Labute approximate surface area is 116 Å². The fraction of sp³-hybridized carbons (Fsp3) is 0.0625. The van der Waals surface area contributed by atoms with Crippen molar-refractivity contribution in [3.05, 3.63) is 54.2 Å². The van der Waals surface area contributed by atoms with Crippen LogP contribution in [-0.4, -0.2) is 19.0 Å². The summed E-state index contributed by atoms with van der Waals surface area (Å²) in [7, 11) is 1.62. The van der Waals surface area contributed by atoms with E-state index in [4.69, 9.17) is 4.74 Å². The standard InChI is InChI=1S/C16H13NO3/c1-20-15-8-6-12(7-9-16(19)17-10-11-18)13-4-2-3-5-14(13)15/h2-10H,1H3,(H,17,19). The first-order chi connectivity index (χ1) is 9.76. The molecule has 0 aromatic heterocycles. The summed E-state index contributed by atoms with van der Waals surface area (Å²) in [6, 6.07) is 11.5. The minimum Gasteiger partial charge on any atom is -0.496 e. The maximum Gasteiger partial charge on any atom is 0.248 e. The Morgan fingerprint density at radius 2 is 1.95 bits per heavy atom. The minimum atomic E-state index is -0.381. The second-order valence-corrected chi connectivity index (χ2v) is 4.01. The summed E-state index contributed by atoms with van der Waals surface area (Å²) in [4.78, 5) is 21.4. The van der Waals surface area contributed by atoms with E-state index in [-0.39, 0.29) is 5.91 Å². The third-order valence-corrected chi connectivity index (χ3v) is 2.83. The zero-order chi connectivity index (χ0) is 14.4. The maximum absolute atomic E-state index is 11.4. The fourth-order valence-corrected chi connectivity index (χ4v) is 1.93.